The van der Waals surface area contributed by atoms with Crippen LogP contribution in [-0.4, -0.2) is 53.3 Å². The van der Waals surface area contributed by atoms with Crippen molar-refractivity contribution in [3.8, 4) is 0 Å². The Morgan fingerprint density at radius 2 is 2.18 bits per heavy atom. The molecule has 0 aliphatic carbocycles. The van der Waals surface area contributed by atoms with Crippen molar-refractivity contribution in [2.75, 3.05) is 38.2 Å². The van der Waals surface area contributed by atoms with E-state index in [1.165, 1.54) is 5.56 Å². The van der Waals surface area contributed by atoms with Gasteiger partial charge in [0.1, 0.15) is 12.1 Å². The minimum absolute atomic E-state index is 0.101. The lowest BCUT2D eigenvalue weighted by molar-refractivity contribution is -0.0487. The summed E-state index contributed by atoms with van der Waals surface area (Å²) in [5.74, 6) is 0.925. The lowest BCUT2D eigenvalue weighted by Gasteiger charge is -2.42. The summed E-state index contributed by atoms with van der Waals surface area (Å²) in [6.45, 7) is 11.0. The molecule has 3 rings (SSSR count). The molecule has 0 radical (unpaired) electrons. The van der Waals surface area contributed by atoms with Crippen molar-refractivity contribution in [3.05, 3.63) is 30.1 Å². The van der Waals surface area contributed by atoms with E-state index in [4.69, 9.17) is 4.74 Å². The average Bonchev–Trinajstić information content (AvgIpc) is 2.49. The summed E-state index contributed by atoms with van der Waals surface area (Å²) >= 11 is 0. The molecule has 1 aromatic carbocycles. The van der Waals surface area contributed by atoms with E-state index in [1.54, 1.807) is 6.33 Å². The molecule has 1 aliphatic heterocycles. The summed E-state index contributed by atoms with van der Waals surface area (Å²) in [5.41, 5.74) is 2.29. The minimum Gasteiger partial charge on any atom is -0.378 e. The van der Waals surface area contributed by atoms with Gasteiger partial charge in [-0.15, -0.1) is 0 Å². The van der Waals surface area contributed by atoms with E-state index in [1.807, 2.05) is 12.1 Å². The van der Waals surface area contributed by atoms with Gasteiger partial charge in [0.25, 0.3) is 0 Å². The highest BCUT2D eigenvalue weighted by Crippen LogP contribution is 2.23. The number of aromatic nitrogens is 2. The van der Waals surface area contributed by atoms with Crippen LogP contribution >= 0.6 is 0 Å². The van der Waals surface area contributed by atoms with Gasteiger partial charge in [-0.25, -0.2) is 9.97 Å². The molecule has 0 bridgehead atoms. The maximum Gasteiger partial charge on any atom is 0.137 e. The van der Waals surface area contributed by atoms with E-state index in [2.05, 4.69) is 47.0 Å². The van der Waals surface area contributed by atoms with Gasteiger partial charge in [0, 0.05) is 30.6 Å². The Morgan fingerprint density at radius 1 is 1.32 bits per heavy atom. The van der Waals surface area contributed by atoms with Gasteiger partial charge in [0.15, 0.2) is 0 Å². The lowest BCUT2D eigenvalue weighted by atomic mass is 10.0. The van der Waals surface area contributed by atoms with Crippen LogP contribution in [0.4, 0.5) is 5.82 Å². The third-order valence-corrected chi connectivity index (χ3v) is 4.36. The number of fused-ring (bicyclic) bond motifs is 1. The van der Waals surface area contributed by atoms with E-state index >= 15 is 0 Å². The number of hydrogen-bond acceptors (Lipinski definition) is 5. The molecule has 1 aromatic heterocycles. The van der Waals surface area contributed by atoms with Crippen molar-refractivity contribution in [3.63, 3.8) is 0 Å². The van der Waals surface area contributed by atoms with Crippen molar-refractivity contribution in [1.29, 1.82) is 0 Å². The van der Waals surface area contributed by atoms with Gasteiger partial charge in [0.2, 0.25) is 0 Å². The molecule has 1 saturated heterocycles. The molecule has 0 spiro atoms. The first-order valence-electron chi connectivity index (χ1n) is 7.85. The predicted molar refractivity (Wildman–Crippen MR) is 89.2 cm³/mol. The molecule has 0 amide bonds. The lowest BCUT2D eigenvalue weighted by Crippen LogP contribution is -2.54. The summed E-state index contributed by atoms with van der Waals surface area (Å²) in [6, 6.07) is 6.16. The molecule has 1 N–H and O–H groups in total. The Labute approximate surface area is 131 Å². The van der Waals surface area contributed by atoms with E-state index in [9.17, 15) is 0 Å². The van der Waals surface area contributed by atoms with Crippen molar-refractivity contribution in [2.45, 2.75) is 26.3 Å². The first kappa shape index (κ1) is 15.2. The Hall–Kier alpha value is -1.72. The zero-order chi connectivity index (χ0) is 15.6. The largest absolute Gasteiger partial charge is 0.378 e. The summed E-state index contributed by atoms with van der Waals surface area (Å²) in [7, 11) is 0. The maximum atomic E-state index is 5.57. The number of ether oxygens (including phenoxy) is 1. The van der Waals surface area contributed by atoms with Crippen LogP contribution < -0.4 is 5.32 Å². The third kappa shape index (κ3) is 3.05. The van der Waals surface area contributed by atoms with Crippen molar-refractivity contribution in [2.24, 2.45) is 0 Å². The normalized spacial score (nSPS) is 18.5. The van der Waals surface area contributed by atoms with Gasteiger partial charge in [-0.3, -0.25) is 4.90 Å². The van der Waals surface area contributed by atoms with Crippen LogP contribution in [0.2, 0.25) is 0 Å². The van der Waals surface area contributed by atoms with Gasteiger partial charge >= 0.3 is 0 Å². The second-order valence-corrected chi connectivity index (χ2v) is 6.47. The Balaban J connectivity index is 1.70. The van der Waals surface area contributed by atoms with Gasteiger partial charge in [-0.05, 0) is 32.4 Å². The van der Waals surface area contributed by atoms with Crippen LogP contribution in [0.1, 0.15) is 19.4 Å². The first-order chi connectivity index (χ1) is 10.6. The molecule has 5 heteroatoms. The monoisotopic (exact) mass is 300 g/mol. The van der Waals surface area contributed by atoms with Crippen LogP contribution in [0, 0.1) is 6.92 Å². The molecule has 22 heavy (non-hydrogen) atoms. The number of anilines is 1. The molecule has 0 saturated carbocycles. The molecule has 1 fully saturated rings. The fraction of sp³-hybridized carbons (Fsp3) is 0.529. The van der Waals surface area contributed by atoms with Crippen LogP contribution in [0.5, 0.6) is 0 Å². The molecule has 118 valence electrons. The zero-order valence-electron chi connectivity index (χ0n) is 13.6. The average molecular weight is 300 g/mol. The van der Waals surface area contributed by atoms with E-state index in [-0.39, 0.29) is 5.54 Å². The molecule has 0 unspecified atom stereocenters. The predicted octanol–water partition coefficient (Wildman–Crippen LogP) is 2.46. The molecule has 0 atom stereocenters. The molecular formula is C17H24N4O. The highest BCUT2D eigenvalue weighted by Gasteiger charge is 2.29. The Morgan fingerprint density at radius 3 is 3.00 bits per heavy atom. The van der Waals surface area contributed by atoms with Crippen molar-refractivity contribution >= 4 is 16.7 Å². The molecule has 2 heterocycles. The summed E-state index contributed by atoms with van der Waals surface area (Å²) in [6.07, 6.45) is 1.63. The minimum atomic E-state index is 0.101. The number of morpholine rings is 1. The Bertz CT molecular complexity index is 651. The summed E-state index contributed by atoms with van der Waals surface area (Å²) in [4.78, 5) is 11.2. The van der Waals surface area contributed by atoms with E-state index in [0.29, 0.717) is 0 Å². The van der Waals surface area contributed by atoms with E-state index < -0.39 is 0 Å². The highest BCUT2D eigenvalue weighted by atomic mass is 16.5. The topological polar surface area (TPSA) is 50.3 Å². The maximum absolute atomic E-state index is 5.57. The smallest absolute Gasteiger partial charge is 0.137 e. The second kappa shape index (κ2) is 6.18. The number of aryl methyl sites for hydroxylation is 1. The number of nitrogens with zero attached hydrogens (tertiary/aromatic N) is 3. The van der Waals surface area contributed by atoms with Crippen LogP contribution in [-0.2, 0) is 4.74 Å². The number of hydrogen-bond donors (Lipinski definition) is 1. The quantitative estimate of drug-likeness (QED) is 0.940. The van der Waals surface area contributed by atoms with Crippen LogP contribution in [0.25, 0.3) is 10.9 Å². The van der Waals surface area contributed by atoms with Crippen molar-refractivity contribution < 1.29 is 4.74 Å². The molecule has 5 nitrogen and oxygen atoms in total. The van der Waals surface area contributed by atoms with Crippen LogP contribution in [0.3, 0.4) is 0 Å². The zero-order valence-corrected chi connectivity index (χ0v) is 13.6. The number of rotatable bonds is 4. The Kier molecular flexibility index (Phi) is 4.27. The van der Waals surface area contributed by atoms with Gasteiger partial charge < -0.3 is 10.1 Å². The fourth-order valence-corrected chi connectivity index (χ4v) is 3.03. The standard InChI is InChI=1S/C17H24N4O/c1-13-5-4-6-14-15(13)16(20-12-19-14)18-7-8-21-9-10-22-11-17(21,2)3/h4-6,12H,7-11H2,1-3H3,(H,18,19,20). The number of benzene rings is 1. The van der Waals surface area contributed by atoms with Crippen molar-refractivity contribution in [1.82, 2.24) is 14.9 Å². The van der Waals surface area contributed by atoms with Crippen LogP contribution in [0.15, 0.2) is 24.5 Å². The SMILES string of the molecule is Cc1cccc2ncnc(NCCN3CCOCC3(C)C)c12. The van der Waals surface area contributed by atoms with Gasteiger partial charge in [-0.1, -0.05) is 12.1 Å². The second-order valence-electron chi connectivity index (χ2n) is 6.47. The van der Waals surface area contributed by atoms with Gasteiger partial charge in [-0.2, -0.15) is 0 Å². The van der Waals surface area contributed by atoms with Gasteiger partial charge in [0.05, 0.1) is 18.7 Å². The fourth-order valence-electron chi connectivity index (χ4n) is 3.03. The first-order valence-corrected chi connectivity index (χ1v) is 7.85. The molecular weight excluding hydrogens is 276 g/mol. The molecule has 1 aliphatic rings. The third-order valence-electron chi connectivity index (χ3n) is 4.36. The number of nitrogens with one attached hydrogen (secondary N) is 1. The summed E-state index contributed by atoms with van der Waals surface area (Å²) in [5, 5.41) is 4.60. The molecule has 2 aromatic rings. The van der Waals surface area contributed by atoms with E-state index in [0.717, 1.165) is 49.6 Å². The summed E-state index contributed by atoms with van der Waals surface area (Å²) < 4.78 is 5.57. The highest BCUT2D eigenvalue weighted by molar-refractivity contribution is 5.91.